The normalized spacial score (nSPS) is 10.5. The van der Waals surface area contributed by atoms with E-state index >= 15 is 0 Å². The predicted octanol–water partition coefficient (Wildman–Crippen LogP) is 2.03. The van der Waals surface area contributed by atoms with E-state index < -0.39 is 0 Å². The molecule has 1 aromatic carbocycles. The number of nitrogens with zero attached hydrogens (tertiary/aromatic N) is 2. The Hall–Kier alpha value is -2.04. The van der Waals surface area contributed by atoms with E-state index in [0.29, 0.717) is 11.6 Å². The highest BCUT2D eigenvalue weighted by Crippen LogP contribution is 2.19. The van der Waals surface area contributed by atoms with Crippen LogP contribution in [0.15, 0.2) is 24.3 Å². The Morgan fingerprint density at radius 1 is 1.47 bits per heavy atom. The highest BCUT2D eigenvalue weighted by atomic mass is 19.1. The molecule has 0 unspecified atom stereocenters. The summed E-state index contributed by atoms with van der Waals surface area (Å²) < 4.78 is 20.0. The number of aromatic nitrogens is 2. The fourth-order valence-electron chi connectivity index (χ4n) is 1.61. The quantitative estimate of drug-likeness (QED) is 0.885. The van der Waals surface area contributed by atoms with Crippen molar-refractivity contribution in [3.05, 3.63) is 41.3 Å². The third kappa shape index (κ3) is 2.38. The van der Waals surface area contributed by atoms with Crippen LogP contribution in [-0.2, 0) is 13.7 Å². The van der Waals surface area contributed by atoms with Gasteiger partial charge in [-0.05, 0) is 19.1 Å². The first-order valence-electron chi connectivity index (χ1n) is 5.24. The van der Waals surface area contributed by atoms with Gasteiger partial charge >= 0.3 is 0 Å². The van der Waals surface area contributed by atoms with Crippen LogP contribution in [0.5, 0.6) is 5.75 Å². The van der Waals surface area contributed by atoms with Crippen LogP contribution in [0.3, 0.4) is 0 Å². The Labute approximate surface area is 98.8 Å². The molecule has 2 rings (SSSR count). The molecule has 90 valence electrons. The summed E-state index contributed by atoms with van der Waals surface area (Å²) >= 11 is 0. The lowest BCUT2D eigenvalue weighted by atomic mass is 10.2. The first-order chi connectivity index (χ1) is 8.08. The van der Waals surface area contributed by atoms with Gasteiger partial charge in [0.05, 0.1) is 11.3 Å². The second-order valence-electron chi connectivity index (χ2n) is 3.82. The maximum atomic E-state index is 12.9. The maximum absolute atomic E-state index is 12.9. The predicted molar refractivity (Wildman–Crippen MR) is 63.1 cm³/mol. The summed E-state index contributed by atoms with van der Waals surface area (Å²) in [7, 11) is 1.77. The monoisotopic (exact) mass is 235 g/mol. The van der Waals surface area contributed by atoms with E-state index in [1.54, 1.807) is 23.9 Å². The fraction of sp³-hybridized carbons (Fsp3) is 0.250. The molecule has 0 saturated heterocycles. The van der Waals surface area contributed by atoms with Crippen LogP contribution in [-0.4, -0.2) is 9.78 Å². The minimum absolute atomic E-state index is 0.287. The van der Waals surface area contributed by atoms with Crippen LogP contribution in [0.4, 0.5) is 10.2 Å². The standard InChI is InChI=1S/C12H14FN3O/c1-8-11(12(14)16(2)15-8)7-17-10-5-3-4-9(13)6-10/h3-6H,7,14H2,1-2H3. The van der Waals surface area contributed by atoms with Crippen molar-refractivity contribution >= 4 is 5.82 Å². The summed E-state index contributed by atoms with van der Waals surface area (Å²) in [6.45, 7) is 2.15. The first kappa shape index (κ1) is 11.4. The van der Waals surface area contributed by atoms with E-state index in [1.165, 1.54) is 12.1 Å². The van der Waals surface area contributed by atoms with Gasteiger partial charge in [0.15, 0.2) is 0 Å². The Balaban J connectivity index is 2.12. The molecule has 2 aromatic rings. The van der Waals surface area contributed by atoms with E-state index in [4.69, 9.17) is 10.5 Å². The number of halogens is 1. The zero-order valence-corrected chi connectivity index (χ0v) is 9.77. The van der Waals surface area contributed by atoms with Crippen LogP contribution < -0.4 is 10.5 Å². The third-order valence-electron chi connectivity index (χ3n) is 2.57. The van der Waals surface area contributed by atoms with Gasteiger partial charge < -0.3 is 10.5 Å². The van der Waals surface area contributed by atoms with Gasteiger partial charge in [0.2, 0.25) is 0 Å². The second kappa shape index (κ2) is 4.45. The number of anilines is 1. The number of hydrogen-bond donors (Lipinski definition) is 1. The molecule has 0 aliphatic rings. The van der Waals surface area contributed by atoms with Crippen molar-refractivity contribution in [3.63, 3.8) is 0 Å². The van der Waals surface area contributed by atoms with Gasteiger partial charge in [0.1, 0.15) is 24.0 Å². The van der Waals surface area contributed by atoms with Crippen LogP contribution in [0, 0.1) is 12.7 Å². The number of rotatable bonds is 3. The average molecular weight is 235 g/mol. The second-order valence-corrected chi connectivity index (χ2v) is 3.82. The van der Waals surface area contributed by atoms with E-state index in [1.807, 2.05) is 6.92 Å². The van der Waals surface area contributed by atoms with E-state index in [0.717, 1.165) is 11.3 Å². The van der Waals surface area contributed by atoms with Crippen molar-refractivity contribution in [1.29, 1.82) is 0 Å². The summed E-state index contributed by atoms with van der Waals surface area (Å²) in [4.78, 5) is 0. The van der Waals surface area contributed by atoms with Crippen molar-refractivity contribution in [2.75, 3.05) is 5.73 Å². The molecule has 1 aromatic heterocycles. The minimum atomic E-state index is -0.321. The topological polar surface area (TPSA) is 53.1 Å². The van der Waals surface area contributed by atoms with Gasteiger partial charge in [-0.1, -0.05) is 6.07 Å². The van der Waals surface area contributed by atoms with Gasteiger partial charge in [0, 0.05) is 13.1 Å². The SMILES string of the molecule is Cc1nn(C)c(N)c1COc1cccc(F)c1. The lowest BCUT2D eigenvalue weighted by molar-refractivity contribution is 0.304. The molecule has 0 aliphatic carbocycles. The Kier molecular flexibility index (Phi) is 2.99. The number of nitrogens with two attached hydrogens (primary N) is 1. The lowest BCUT2D eigenvalue weighted by Gasteiger charge is -2.06. The number of ether oxygens (including phenoxy) is 1. The van der Waals surface area contributed by atoms with Crippen LogP contribution in [0.1, 0.15) is 11.3 Å². The smallest absolute Gasteiger partial charge is 0.128 e. The van der Waals surface area contributed by atoms with Crippen molar-refractivity contribution in [2.45, 2.75) is 13.5 Å². The van der Waals surface area contributed by atoms with Crippen molar-refractivity contribution < 1.29 is 9.13 Å². The molecule has 5 heteroatoms. The lowest BCUT2D eigenvalue weighted by Crippen LogP contribution is -2.02. The summed E-state index contributed by atoms with van der Waals surface area (Å²) in [5.74, 6) is 0.727. The minimum Gasteiger partial charge on any atom is -0.489 e. The molecule has 4 nitrogen and oxygen atoms in total. The van der Waals surface area contributed by atoms with Gasteiger partial charge in [-0.15, -0.1) is 0 Å². The molecule has 0 atom stereocenters. The number of aryl methyl sites for hydroxylation is 2. The molecule has 1 heterocycles. The summed E-state index contributed by atoms with van der Waals surface area (Å²) in [5, 5.41) is 4.18. The first-order valence-corrected chi connectivity index (χ1v) is 5.24. The van der Waals surface area contributed by atoms with E-state index in [9.17, 15) is 4.39 Å². The summed E-state index contributed by atoms with van der Waals surface area (Å²) in [5.41, 5.74) is 7.49. The molecule has 0 bridgehead atoms. The molecular weight excluding hydrogens is 221 g/mol. The number of hydrogen-bond acceptors (Lipinski definition) is 3. The van der Waals surface area contributed by atoms with E-state index in [2.05, 4.69) is 5.10 Å². The molecule has 0 fully saturated rings. The molecule has 17 heavy (non-hydrogen) atoms. The largest absolute Gasteiger partial charge is 0.489 e. The third-order valence-corrected chi connectivity index (χ3v) is 2.57. The zero-order chi connectivity index (χ0) is 12.4. The fourth-order valence-corrected chi connectivity index (χ4v) is 1.61. The van der Waals surface area contributed by atoms with Crippen molar-refractivity contribution in [3.8, 4) is 5.75 Å². The Morgan fingerprint density at radius 2 is 2.24 bits per heavy atom. The zero-order valence-electron chi connectivity index (χ0n) is 9.77. The highest BCUT2D eigenvalue weighted by molar-refractivity contribution is 5.42. The summed E-state index contributed by atoms with van der Waals surface area (Å²) in [6.07, 6.45) is 0. The molecular formula is C12H14FN3O. The average Bonchev–Trinajstić information content (AvgIpc) is 2.51. The highest BCUT2D eigenvalue weighted by Gasteiger charge is 2.10. The van der Waals surface area contributed by atoms with E-state index in [-0.39, 0.29) is 12.4 Å². The molecule has 2 N–H and O–H groups in total. The molecule has 0 radical (unpaired) electrons. The van der Waals surface area contributed by atoms with Crippen LogP contribution >= 0.6 is 0 Å². The molecule has 0 spiro atoms. The van der Waals surface area contributed by atoms with Gasteiger partial charge in [-0.2, -0.15) is 5.10 Å². The van der Waals surface area contributed by atoms with Crippen LogP contribution in [0.25, 0.3) is 0 Å². The van der Waals surface area contributed by atoms with Crippen molar-refractivity contribution in [1.82, 2.24) is 9.78 Å². The number of nitrogen functional groups attached to an aromatic ring is 1. The van der Waals surface area contributed by atoms with Crippen LogP contribution in [0.2, 0.25) is 0 Å². The van der Waals surface area contributed by atoms with Gasteiger partial charge in [-0.25, -0.2) is 4.39 Å². The van der Waals surface area contributed by atoms with Gasteiger partial charge in [0.25, 0.3) is 0 Å². The maximum Gasteiger partial charge on any atom is 0.128 e. The molecule has 0 amide bonds. The Morgan fingerprint density at radius 3 is 2.82 bits per heavy atom. The van der Waals surface area contributed by atoms with Crippen molar-refractivity contribution in [2.24, 2.45) is 7.05 Å². The Bertz CT molecular complexity index is 537. The number of benzene rings is 1. The molecule has 0 saturated carbocycles. The van der Waals surface area contributed by atoms with Gasteiger partial charge in [-0.3, -0.25) is 4.68 Å². The summed E-state index contributed by atoms with van der Waals surface area (Å²) in [6, 6.07) is 6.01. The molecule has 0 aliphatic heterocycles.